The molecule has 0 radical (unpaired) electrons. The van der Waals surface area contributed by atoms with Crippen molar-refractivity contribution in [3.8, 4) is 0 Å². The molecule has 0 N–H and O–H groups in total. The molecule has 0 aliphatic rings. The van der Waals surface area contributed by atoms with Crippen LogP contribution in [0.25, 0.3) is 0 Å². The van der Waals surface area contributed by atoms with Crippen LogP contribution in [0.4, 0.5) is 0 Å². The highest BCUT2D eigenvalue weighted by Gasteiger charge is 2.53. The number of hydrogen-bond donors (Lipinski definition) is 0. The second-order valence-corrected chi connectivity index (χ2v) is 5.73. The van der Waals surface area contributed by atoms with E-state index in [0.29, 0.717) is 6.61 Å². The SMILES string of the molecule is C.C.C.C.C.C.C.C.C.C.C.C.C.CCOC(C)(C)C(C)(CC)C(C)(C)OC(C)=O. The number of ether oxygens (including phenoxy) is 2. The van der Waals surface area contributed by atoms with Crippen LogP contribution in [-0.4, -0.2) is 23.8 Å². The molecule has 0 saturated heterocycles. The molecule has 0 aromatic rings. The number of hydrogen-bond acceptors (Lipinski definition) is 3. The van der Waals surface area contributed by atoms with Crippen molar-refractivity contribution in [1.82, 2.24) is 0 Å². The Balaban J connectivity index is -0.0000000164. The highest BCUT2D eigenvalue weighted by Crippen LogP contribution is 2.47. The molecular weight excluding hydrogens is 372 g/mol. The Kier molecular flexibility index (Phi) is 119. The third-order valence-electron chi connectivity index (χ3n) is 4.27. The summed E-state index contributed by atoms with van der Waals surface area (Å²) < 4.78 is 11.4. The summed E-state index contributed by atoms with van der Waals surface area (Å²) in [6, 6.07) is 0. The van der Waals surface area contributed by atoms with Gasteiger partial charge in [0.1, 0.15) is 5.60 Å². The fraction of sp³-hybridized carbons (Fsp3) is 0.963. The molecule has 206 valence electrons. The topological polar surface area (TPSA) is 35.5 Å². The van der Waals surface area contributed by atoms with Gasteiger partial charge in [-0.1, -0.05) is 110 Å². The van der Waals surface area contributed by atoms with Gasteiger partial charge in [-0.05, 0) is 41.0 Å². The lowest BCUT2D eigenvalue weighted by atomic mass is 9.63. The Hall–Kier alpha value is -0.570. The summed E-state index contributed by atoms with van der Waals surface area (Å²) >= 11 is 0. The second-order valence-electron chi connectivity index (χ2n) is 5.73. The first-order valence-electron chi connectivity index (χ1n) is 6.37. The zero-order valence-electron chi connectivity index (χ0n) is 12.6. The summed E-state index contributed by atoms with van der Waals surface area (Å²) in [6.45, 7) is 16.3. The molecule has 0 rings (SSSR count). The summed E-state index contributed by atoms with van der Waals surface area (Å²) in [5.41, 5.74) is -1.16. The second kappa shape index (κ2) is 35.8. The average Bonchev–Trinajstić information content (AvgIpc) is 2.13. The van der Waals surface area contributed by atoms with Crippen LogP contribution < -0.4 is 0 Å². The third-order valence-corrected chi connectivity index (χ3v) is 4.27. The van der Waals surface area contributed by atoms with Crippen molar-refractivity contribution in [1.29, 1.82) is 0 Å². The van der Waals surface area contributed by atoms with E-state index in [4.69, 9.17) is 9.47 Å². The van der Waals surface area contributed by atoms with E-state index in [2.05, 4.69) is 27.7 Å². The predicted octanol–water partition coefficient (Wildman–Crippen LogP) is 11.8. The molecule has 1 unspecified atom stereocenters. The lowest BCUT2D eigenvalue weighted by Gasteiger charge is -2.52. The maximum Gasteiger partial charge on any atom is 0.303 e. The largest absolute Gasteiger partial charge is 0.459 e. The van der Waals surface area contributed by atoms with Gasteiger partial charge in [0.2, 0.25) is 0 Å². The molecule has 0 aliphatic heterocycles. The van der Waals surface area contributed by atoms with E-state index in [0.717, 1.165) is 6.42 Å². The molecule has 30 heavy (non-hydrogen) atoms. The first-order valence-corrected chi connectivity index (χ1v) is 6.37. The van der Waals surface area contributed by atoms with Crippen LogP contribution in [0.3, 0.4) is 0 Å². The number of rotatable bonds is 6. The zero-order valence-corrected chi connectivity index (χ0v) is 12.6. The molecular formula is C27H80O3. The van der Waals surface area contributed by atoms with Gasteiger partial charge < -0.3 is 9.47 Å². The molecule has 3 heteroatoms. The summed E-state index contributed by atoms with van der Waals surface area (Å²) in [7, 11) is 0. The molecule has 0 aliphatic carbocycles. The molecule has 0 heterocycles. The lowest BCUT2D eigenvalue weighted by molar-refractivity contribution is -0.206. The number of esters is 1. The Morgan fingerprint density at radius 1 is 0.600 bits per heavy atom. The first kappa shape index (κ1) is 99.9. The zero-order chi connectivity index (χ0) is 13.9. The summed E-state index contributed by atoms with van der Waals surface area (Å²) in [5.74, 6) is -0.248. The van der Waals surface area contributed by atoms with Crippen LogP contribution >= 0.6 is 0 Å². The molecule has 3 nitrogen and oxygen atoms in total. The maximum atomic E-state index is 11.2. The Bertz CT molecular complexity index is 271. The van der Waals surface area contributed by atoms with Crippen molar-refractivity contribution in [2.24, 2.45) is 5.41 Å². The maximum absolute atomic E-state index is 11.2. The Labute approximate surface area is 202 Å². The van der Waals surface area contributed by atoms with Crippen molar-refractivity contribution < 1.29 is 14.3 Å². The third kappa shape index (κ3) is 22.1. The van der Waals surface area contributed by atoms with Gasteiger partial charge in [0.05, 0.1) is 5.60 Å². The van der Waals surface area contributed by atoms with Crippen molar-refractivity contribution in [2.45, 2.75) is 170 Å². The molecule has 0 saturated carbocycles. The highest BCUT2D eigenvalue weighted by atomic mass is 16.6. The monoisotopic (exact) mass is 453 g/mol. The van der Waals surface area contributed by atoms with Crippen molar-refractivity contribution in [2.75, 3.05) is 6.61 Å². The standard InChI is InChI=1S/C14H28O3.13CH4/c1-9-14(8,12(4,5)16-10-2)13(6,7)17-11(3)15;;;;;;;;;;;;;/h9-10H2,1-8H3;13*1H4. The first-order chi connectivity index (χ1) is 7.54. The summed E-state index contributed by atoms with van der Waals surface area (Å²) in [4.78, 5) is 11.2. The molecule has 0 aromatic heterocycles. The smallest absolute Gasteiger partial charge is 0.303 e. The van der Waals surface area contributed by atoms with E-state index < -0.39 is 5.60 Å². The van der Waals surface area contributed by atoms with Crippen LogP contribution in [0, 0.1) is 5.41 Å². The predicted molar refractivity (Wildman–Crippen MR) is 157 cm³/mol. The van der Waals surface area contributed by atoms with E-state index in [1.54, 1.807) is 0 Å². The number of carbonyl (C=O) groups excluding carboxylic acids is 1. The van der Waals surface area contributed by atoms with E-state index >= 15 is 0 Å². The molecule has 0 bridgehead atoms. The van der Waals surface area contributed by atoms with Gasteiger partial charge in [0.25, 0.3) is 0 Å². The average molecular weight is 453 g/mol. The molecule has 0 aromatic carbocycles. The minimum Gasteiger partial charge on any atom is -0.459 e. The molecule has 0 fully saturated rings. The molecule has 0 spiro atoms. The fourth-order valence-electron chi connectivity index (χ4n) is 2.57. The normalized spacial score (nSPS) is 9.33. The summed E-state index contributed by atoms with van der Waals surface area (Å²) in [6.07, 6.45) is 0.875. The van der Waals surface area contributed by atoms with Crippen LogP contribution in [0.1, 0.15) is 158 Å². The number of carbonyl (C=O) groups is 1. The van der Waals surface area contributed by atoms with Crippen LogP contribution in [-0.2, 0) is 14.3 Å². The van der Waals surface area contributed by atoms with Gasteiger partial charge >= 0.3 is 5.97 Å². The van der Waals surface area contributed by atoms with Gasteiger partial charge in [0.15, 0.2) is 0 Å². The van der Waals surface area contributed by atoms with Crippen molar-refractivity contribution in [3.05, 3.63) is 0 Å². The van der Waals surface area contributed by atoms with Crippen molar-refractivity contribution >= 4 is 5.97 Å². The minimum absolute atomic E-state index is 0. The van der Waals surface area contributed by atoms with Gasteiger partial charge in [-0.2, -0.15) is 0 Å². The van der Waals surface area contributed by atoms with Crippen LogP contribution in [0.2, 0.25) is 0 Å². The lowest BCUT2D eigenvalue weighted by Crippen LogP contribution is -2.57. The van der Waals surface area contributed by atoms with Gasteiger partial charge in [-0.25, -0.2) is 0 Å². The minimum atomic E-state index is -0.563. The van der Waals surface area contributed by atoms with Gasteiger partial charge in [-0.15, -0.1) is 0 Å². The van der Waals surface area contributed by atoms with E-state index in [9.17, 15) is 4.79 Å². The van der Waals surface area contributed by atoms with E-state index in [1.165, 1.54) is 6.92 Å². The summed E-state index contributed by atoms with van der Waals surface area (Å²) in [5, 5.41) is 0. The molecule has 0 amide bonds. The van der Waals surface area contributed by atoms with Crippen molar-refractivity contribution in [3.63, 3.8) is 0 Å². The molecule has 1 atom stereocenters. The Morgan fingerprint density at radius 3 is 1.03 bits per heavy atom. The quantitative estimate of drug-likeness (QED) is 0.376. The Morgan fingerprint density at radius 2 is 0.867 bits per heavy atom. The van der Waals surface area contributed by atoms with Gasteiger partial charge in [0, 0.05) is 18.9 Å². The van der Waals surface area contributed by atoms with Gasteiger partial charge in [-0.3, -0.25) is 4.79 Å². The fourth-order valence-corrected chi connectivity index (χ4v) is 2.57. The van der Waals surface area contributed by atoms with Crippen LogP contribution in [0.15, 0.2) is 0 Å². The van der Waals surface area contributed by atoms with Crippen LogP contribution in [0.5, 0.6) is 0 Å². The highest BCUT2D eigenvalue weighted by molar-refractivity contribution is 5.66. The van der Waals surface area contributed by atoms with E-state index in [1.807, 2.05) is 20.8 Å². The van der Waals surface area contributed by atoms with E-state index in [-0.39, 0.29) is 114 Å².